The summed E-state index contributed by atoms with van der Waals surface area (Å²) in [7, 11) is 0. The molecule has 0 bridgehead atoms. The molecule has 1 aliphatic rings. The Hall–Kier alpha value is -1.52. The van der Waals surface area contributed by atoms with Crippen LogP contribution in [0.4, 0.5) is 5.82 Å². The van der Waals surface area contributed by atoms with Gasteiger partial charge in [-0.2, -0.15) is 0 Å². The molecule has 16 heavy (non-hydrogen) atoms. The first-order valence-corrected chi connectivity index (χ1v) is 5.75. The third kappa shape index (κ3) is 2.53. The third-order valence-electron chi connectivity index (χ3n) is 3.21. The summed E-state index contributed by atoms with van der Waals surface area (Å²) in [6.45, 7) is 2.20. The van der Waals surface area contributed by atoms with E-state index in [2.05, 4.69) is 22.2 Å². The molecule has 1 heterocycles. The van der Waals surface area contributed by atoms with Crippen LogP contribution in [0.3, 0.4) is 0 Å². The van der Waals surface area contributed by atoms with Crippen LogP contribution in [0.25, 0.3) is 0 Å². The van der Waals surface area contributed by atoms with Crippen LogP contribution in [0.5, 0.6) is 0 Å². The zero-order valence-corrected chi connectivity index (χ0v) is 9.38. The fourth-order valence-electron chi connectivity index (χ4n) is 2.28. The number of aromatic amines is 2. The molecule has 5 nitrogen and oxygen atoms in total. The lowest BCUT2D eigenvalue weighted by Crippen LogP contribution is -2.32. The van der Waals surface area contributed by atoms with Crippen LogP contribution in [0.1, 0.15) is 32.6 Å². The summed E-state index contributed by atoms with van der Waals surface area (Å²) in [5.41, 5.74) is -0.826. The summed E-state index contributed by atoms with van der Waals surface area (Å²) in [4.78, 5) is 26.9. The Bertz CT molecular complexity index is 435. The van der Waals surface area contributed by atoms with Gasteiger partial charge in [0.2, 0.25) is 0 Å². The standard InChI is InChI=1S/C11H17N3O2/c1-7-4-2-3-5-8(7)12-9-6-10(15)14-11(16)13-9/h6-8H,2-5H2,1H3,(H3,12,13,14,15,16)/t7-,8-/m1/s1. The van der Waals surface area contributed by atoms with E-state index < -0.39 is 5.69 Å². The van der Waals surface area contributed by atoms with Gasteiger partial charge >= 0.3 is 5.69 Å². The van der Waals surface area contributed by atoms with Crippen molar-refractivity contribution in [1.29, 1.82) is 0 Å². The van der Waals surface area contributed by atoms with E-state index in [1.165, 1.54) is 25.3 Å². The quantitative estimate of drug-likeness (QED) is 0.701. The summed E-state index contributed by atoms with van der Waals surface area (Å²) in [5, 5.41) is 3.24. The lowest BCUT2D eigenvalue weighted by atomic mass is 9.86. The van der Waals surface area contributed by atoms with Crippen molar-refractivity contribution in [2.75, 3.05) is 5.32 Å². The Morgan fingerprint density at radius 3 is 2.69 bits per heavy atom. The Kier molecular flexibility index (Phi) is 3.12. The Balaban J connectivity index is 2.13. The van der Waals surface area contributed by atoms with Gasteiger partial charge in [-0.25, -0.2) is 4.79 Å². The summed E-state index contributed by atoms with van der Waals surface area (Å²) in [6, 6.07) is 1.74. The maximum absolute atomic E-state index is 11.1. The molecule has 1 aromatic heterocycles. The third-order valence-corrected chi connectivity index (χ3v) is 3.21. The summed E-state index contributed by atoms with van der Waals surface area (Å²) < 4.78 is 0. The molecule has 1 saturated carbocycles. The first-order valence-electron chi connectivity index (χ1n) is 5.75. The maximum Gasteiger partial charge on any atom is 0.327 e. The zero-order valence-electron chi connectivity index (χ0n) is 9.38. The molecule has 0 saturated heterocycles. The molecular weight excluding hydrogens is 206 g/mol. The Morgan fingerprint density at radius 1 is 1.25 bits per heavy atom. The molecule has 1 fully saturated rings. The highest BCUT2D eigenvalue weighted by atomic mass is 16.2. The lowest BCUT2D eigenvalue weighted by Gasteiger charge is -2.29. The largest absolute Gasteiger partial charge is 0.368 e. The van der Waals surface area contributed by atoms with E-state index in [0.717, 1.165) is 6.42 Å². The average molecular weight is 223 g/mol. The molecule has 2 atom stereocenters. The SMILES string of the molecule is C[C@@H]1CCCC[C@H]1Nc1cc(=O)[nH]c(=O)[nH]1. The molecule has 0 spiro atoms. The molecule has 1 aromatic rings. The van der Waals surface area contributed by atoms with Crippen molar-refractivity contribution >= 4 is 5.82 Å². The van der Waals surface area contributed by atoms with Crippen molar-refractivity contribution < 1.29 is 0 Å². The van der Waals surface area contributed by atoms with Crippen LogP contribution in [0.2, 0.25) is 0 Å². The van der Waals surface area contributed by atoms with Crippen molar-refractivity contribution in [1.82, 2.24) is 9.97 Å². The van der Waals surface area contributed by atoms with E-state index >= 15 is 0 Å². The number of hydrogen-bond acceptors (Lipinski definition) is 3. The normalized spacial score (nSPS) is 25.3. The van der Waals surface area contributed by atoms with Crippen molar-refractivity contribution in [3.05, 3.63) is 26.9 Å². The molecule has 88 valence electrons. The maximum atomic E-state index is 11.1. The van der Waals surface area contributed by atoms with Crippen LogP contribution in [0, 0.1) is 5.92 Å². The van der Waals surface area contributed by atoms with E-state index in [-0.39, 0.29) is 5.56 Å². The van der Waals surface area contributed by atoms with Crippen LogP contribution in [0.15, 0.2) is 15.7 Å². The van der Waals surface area contributed by atoms with Gasteiger partial charge in [0.1, 0.15) is 5.82 Å². The Morgan fingerprint density at radius 2 is 2.00 bits per heavy atom. The number of anilines is 1. The lowest BCUT2D eigenvalue weighted by molar-refractivity contribution is 0.349. The molecule has 0 aliphatic heterocycles. The minimum atomic E-state index is -0.460. The topological polar surface area (TPSA) is 77.8 Å². The molecular formula is C11H17N3O2. The zero-order chi connectivity index (χ0) is 11.5. The fraction of sp³-hybridized carbons (Fsp3) is 0.636. The fourth-order valence-corrected chi connectivity index (χ4v) is 2.28. The first-order chi connectivity index (χ1) is 7.65. The second kappa shape index (κ2) is 4.55. The first kappa shape index (κ1) is 11.0. The summed E-state index contributed by atoms with van der Waals surface area (Å²) in [5.74, 6) is 1.10. The van der Waals surface area contributed by atoms with E-state index in [0.29, 0.717) is 17.8 Å². The van der Waals surface area contributed by atoms with Gasteiger partial charge in [-0.3, -0.25) is 14.8 Å². The average Bonchev–Trinajstić information content (AvgIpc) is 2.20. The van der Waals surface area contributed by atoms with Gasteiger partial charge in [-0.05, 0) is 18.8 Å². The van der Waals surface area contributed by atoms with Crippen molar-refractivity contribution in [2.24, 2.45) is 5.92 Å². The summed E-state index contributed by atoms with van der Waals surface area (Å²) >= 11 is 0. The van der Waals surface area contributed by atoms with Crippen LogP contribution >= 0.6 is 0 Å². The van der Waals surface area contributed by atoms with Gasteiger partial charge in [-0.15, -0.1) is 0 Å². The molecule has 3 N–H and O–H groups in total. The molecule has 5 heteroatoms. The van der Waals surface area contributed by atoms with Crippen LogP contribution < -0.4 is 16.6 Å². The molecule has 0 radical (unpaired) electrons. The highest BCUT2D eigenvalue weighted by Gasteiger charge is 2.21. The smallest absolute Gasteiger partial charge is 0.327 e. The minimum Gasteiger partial charge on any atom is -0.368 e. The number of hydrogen-bond donors (Lipinski definition) is 3. The number of rotatable bonds is 2. The predicted molar refractivity (Wildman–Crippen MR) is 62.7 cm³/mol. The summed E-state index contributed by atoms with van der Waals surface area (Å²) in [6.07, 6.45) is 4.77. The second-order valence-corrected chi connectivity index (χ2v) is 4.51. The van der Waals surface area contributed by atoms with Gasteiger partial charge in [-0.1, -0.05) is 19.8 Å². The van der Waals surface area contributed by atoms with E-state index in [1.807, 2.05) is 0 Å². The van der Waals surface area contributed by atoms with Gasteiger partial charge in [0.25, 0.3) is 5.56 Å². The highest BCUT2D eigenvalue weighted by molar-refractivity contribution is 5.33. The van der Waals surface area contributed by atoms with E-state index in [9.17, 15) is 9.59 Å². The minimum absolute atomic E-state index is 0.353. The van der Waals surface area contributed by atoms with Gasteiger partial charge in [0, 0.05) is 12.1 Å². The molecule has 2 rings (SSSR count). The van der Waals surface area contributed by atoms with Gasteiger partial charge in [0.05, 0.1) is 0 Å². The molecule has 0 unspecified atom stereocenters. The highest BCUT2D eigenvalue weighted by Crippen LogP contribution is 2.25. The number of nitrogens with one attached hydrogen (secondary N) is 3. The van der Waals surface area contributed by atoms with Crippen LogP contribution in [-0.2, 0) is 0 Å². The van der Waals surface area contributed by atoms with E-state index in [1.54, 1.807) is 0 Å². The number of H-pyrrole nitrogens is 2. The van der Waals surface area contributed by atoms with Crippen molar-refractivity contribution in [2.45, 2.75) is 38.6 Å². The van der Waals surface area contributed by atoms with Crippen molar-refractivity contribution in [3.63, 3.8) is 0 Å². The van der Waals surface area contributed by atoms with Crippen LogP contribution in [-0.4, -0.2) is 16.0 Å². The second-order valence-electron chi connectivity index (χ2n) is 4.51. The monoisotopic (exact) mass is 223 g/mol. The predicted octanol–water partition coefficient (Wildman–Crippen LogP) is 1.05. The Labute approximate surface area is 93.3 Å². The van der Waals surface area contributed by atoms with Crippen molar-refractivity contribution in [3.8, 4) is 0 Å². The number of aromatic nitrogens is 2. The molecule has 0 aromatic carbocycles. The van der Waals surface area contributed by atoms with E-state index in [4.69, 9.17) is 0 Å². The van der Waals surface area contributed by atoms with Gasteiger partial charge < -0.3 is 5.32 Å². The molecule has 0 amide bonds. The molecule has 1 aliphatic carbocycles. The van der Waals surface area contributed by atoms with Gasteiger partial charge in [0.15, 0.2) is 0 Å².